The lowest BCUT2D eigenvalue weighted by Gasteiger charge is -2.35. The monoisotopic (exact) mass is 344 g/mol. The highest BCUT2D eigenvalue weighted by atomic mass is 35.5. The average Bonchev–Trinajstić information content (AvgIpc) is 2.62. The summed E-state index contributed by atoms with van der Waals surface area (Å²) in [6.45, 7) is 4.47. The molecule has 0 radical (unpaired) electrons. The smallest absolute Gasteiger partial charge is 0.287 e. The predicted octanol–water partition coefficient (Wildman–Crippen LogP) is 2.27. The van der Waals surface area contributed by atoms with Crippen molar-refractivity contribution >= 4 is 23.4 Å². The Morgan fingerprint density at radius 3 is 2.58 bits per heavy atom. The minimum absolute atomic E-state index is 0.248. The van der Waals surface area contributed by atoms with Crippen molar-refractivity contribution in [2.45, 2.75) is 0 Å². The topological polar surface area (TPSA) is 41.4 Å². The molecule has 3 rings (SSSR count). The summed E-state index contributed by atoms with van der Waals surface area (Å²) in [5.41, 5.74) is 1.70. The molecule has 126 valence electrons. The summed E-state index contributed by atoms with van der Waals surface area (Å²) >= 11 is 6.18. The third-order valence-corrected chi connectivity index (χ3v) is 4.60. The summed E-state index contributed by atoms with van der Waals surface area (Å²) in [4.78, 5) is 16.4. The molecule has 0 amide bonds. The number of benzene rings is 1. The van der Waals surface area contributed by atoms with E-state index in [2.05, 4.69) is 39.2 Å². The van der Waals surface area contributed by atoms with E-state index in [0.29, 0.717) is 0 Å². The van der Waals surface area contributed by atoms with Crippen LogP contribution in [0.5, 0.6) is 0 Å². The fourth-order valence-electron chi connectivity index (χ4n) is 2.80. The van der Waals surface area contributed by atoms with Gasteiger partial charge in [-0.05, 0) is 5.56 Å². The van der Waals surface area contributed by atoms with Crippen molar-refractivity contribution in [3.8, 4) is 0 Å². The molecule has 0 aliphatic carbocycles. The molecule has 0 saturated carbocycles. The molecule has 2 heterocycles. The van der Waals surface area contributed by atoms with Gasteiger partial charge in [0, 0.05) is 39.8 Å². The molecule has 1 aromatic carbocycles. The second-order valence-electron chi connectivity index (χ2n) is 5.87. The minimum atomic E-state index is -0.248. The second-order valence-corrected chi connectivity index (χ2v) is 6.25. The number of aromatic nitrogens is 2. The van der Waals surface area contributed by atoms with Gasteiger partial charge in [-0.25, -0.2) is 4.68 Å². The number of hydrogen-bond donors (Lipinski definition) is 0. The van der Waals surface area contributed by atoms with E-state index in [4.69, 9.17) is 11.6 Å². The minimum Gasteiger partial charge on any atom is -0.366 e. The quantitative estimate of drug-likeness (QED) is 0.853. The number of anilines is 1. The normalized spacial score (nSPS) is 16.0. The van der Waals surface area contributed by atoms with Gasteiger partial charge in [0.25, 0.3) is 5.56 Å². The summed E-state index contributed by atoms with van der Waals surface area (Å²) in [6, 6.07) is 10.3. The van der Waals surface area contributed by atoms with E-state index >= 15 is 0 Å². The molecule has 1 aliphatic heterocycles. The molecular weight excluding hydrogens is 324 g/mol. The first-order valence-corrected chi connectivity index (χ1v) is 8.43. The molecule has 5 nitrogen and oxygen atoms in total. The third kappa shape index (κ3) is 3.86. The molecule has 0 spiro atoms. The van der Waals surface area contributed by atoms with Crippen molar-refractivity contribution in [1.82, 2.24) is 14.7 Å². The number of halogens is 1. The van der Waals surface area contributed by atoms with E-state index in [9.17, 15) is 4.79 Å². The number of aryl methyl sites for hydroxylation is 1. The van der Waals surface area contributed by atoms with Gasteiger partial charge in [-0.2, -0.15) is 5.10 Å². The first-order valence-electron chi connectivity index (χ1n) is 8.06. The van der Waals surface area contributed by atoms with E-state index < -0.39 is 0 Å². The maximum absolute atomic E-state index is 11.9. The molecule has 1 aliphatic rings. The lowest BCUT2D eigenvalue weighted by atomic mass is 10.2. The summed E-state index contributed by atoms with van der Waals surface area (Å²) < 4.78 is 1.26. The predicted molar refractivity (Wildman–Crippen MR) is 98.6 cm³/mol. The molecule has 1 aromatic heterocycles. The van der Waals surface area contributed by atoms with Crippen LogP contribution < -0.4 is 10.5 Å². The first-order chi connectivity index (χ1) is 11.6. The Hall–Kier alpha value is -2.11. The Balaban J connectivity index is 1.55. The zero-order valence-electron chi connectivity index (χ0n) is 13.7. The molecule has 1 fully saturated rings. The zero-order chi connectivity index (χ0) is 16.9. The van der Waals surface area contributed by atoms with Crippen molar-refractivity contribution in [3.63, 3.8) is 0 Å². The van der Waals surface area contributed by atoms with Crippen LogP contribution in [0.25, 0.3) is 6.08 Å². The van der Waals surface area contributed by atoms with Crippen LogP contribution in [-0.2, 0) is 7.05 Å². The van der Waals surface area contributed by atoms with Crippen molar-refractivity contribution in [2.24, 2.45) is 7.05 Å². The van der Waals surface area contributed by atoms with Crippen LogP contribution in [0.2, 0.25) is 5.02 Å². The Bertz CT molecular complexity index is 764. The van der Waals surface area contributed by atoms with Crippen LogP contribution in [0.4, 0.5) is 5.69 Å². The molecule has 0 unspecified atom stereocenters. The zero-order valence-corrected chi connectivity index (χ0v) is 14.5. The largest absolute Gasteiger partial charge is 0.366 e. The van der Waals surface area contributed by atoms with Crippen molar-refractivity contribution in [1.29, 1.82) is 0 Å². The standard InChI is InChI=1S/C18H21ClN4O/c1-21-18(24)17(19)16(14-20-21)23-12-10-22(11-13-23)9-5-8-15-6-3-2-4-7-15/h2-8,14H,9-13H2,1H3/b8-5+. The Morgan fingerprint density at radius 2 is 1.88 bits per heavy atom. The average molecular weight is 345 g/mol. The van der Waals surface area contributed by atoms with Gasteiger partial charge in [0.15, 0.2) is 0 Å². The van der Waals surface area contributed by atoms with Crippen LogP contribution in [0.15, 0.2) is 47.4 Å². The maximum atomic E-state index is 11.9. The lowest BCUT2D eigenvalue weighted by molar-refractivity contribution is 0.284. The van der Waals surface area contributed by atoms with E-state index in [1.807, 2.05) is 18.2 Å². The van der Waals surface area contributed by atoms with Gasteiger partial charge in [-0.1, -0.05) is 54.1 Å². The van der Waals surface area contributed by atoms with E-state index in [0.717, 1.165) is 38.4 Å². The molecule has 1 saturated heterocycles. The molecular formula is C18H21ClN4O. The van der Waals surface area contributed by atoms with Crippen LogP contribution in [0.3, 0.4) is 0 Å². The highest BCUT2D eigenvalue weighted by molar-refractivity contribution is 6.33. The van der Waals surface area contributed by atoms with Gasteiger partial charge in [0.2, 0.25) is 0 Å². The SMILES string of the molecule is Cn1ncc(N2CCN(C/C=C/c3ccccc3)CC2)c(Cl)c1=O. The van der Waals surface area contributed by atoms with Crippen LogP contribution >= 0.6 is 11.6 Å². The second kappa shape index (κ2) is 7.64. The van der Waals surface area contributed by atoms with Crippen LogP contribution in [-0.4, -0.2) is 47.4 Å². The van der Waals surface area contributed by atoms with Crippen LogP contribution in [0, 0.1) is 0 Å². The molecule has 0 atom stereocenters. The Labute approximate surface area is 146 Å². The maximum Gasteiger partial charge on any atom is 0.287 e. The van der Waals surface area contributed by atoms with Gasteiger partial charge in [0.1, 0.15) is 5.02 Å². The summed E-state index contributed by atoms with van der Waals surface area (Å²) in [7, 11) is 1.61. The number of hydrogen-bond acceptors (Lipinski definition) is 4. The van der Waals surface area contributed by atoms with Gasteiger partial charge in [0.05, 0.1) is 11.9 Å². The number of piperazine rings is 1. The van der Waals surface area contributed by atoms with E-state index in [1.165, 1.54) is 10.2 Å². The number of nitrogens with zero attached hydrogens (tertiary/aromatic N) is 4. The summed E-state index contributed by atoms with van der Waals surface area (Å²) in [5.74, 6) is 0. The molecule has 6 heteroatoms. The highest BCUT2D eigenvalue weighted by Crippen LogP contribution is 2.22. The molecule has 0 bridgehead atoms. The summed E-state index contributed by atoms with van der Waals surface area (Å²) in [6.07, 6.45) is 6.01. The fourth-order valence-corrected chi connectivity index (χ4v) is 3.09. The van der Waals surface area contributed by atoms with Gasteiger partial charge in [-0.3, -0.25) is 9.69 Å². The fraction of sp³-hybridized carbons (Fsp3) is 0.333. The van der Waals surface area contributed by atoms with Gasteiger partial charge in [-0.15, -0.1) is 0 Å². The van der Waals surface area contributed by atoms with Crippen molar-refractivity contribution in [2.75, 3.05) is 37.6 Å². The molecule has 2 aromatic rings. The van der Waals surface area contributed by atoms with Gasteiger partial charge >= 0.3 is 0 Å². The van der Waals surface area contributed by atoms with Crippen molar-refractivity contribution < 1.29 is 0 Å². The molecule has 24 heavy (non-hydrogen) atoms. The van der Waals surface area contributed by atoms with Crippen molar-refractivity contribution in [3.05, 3.63) is 63.5 Å². The summed E-state index contributed by atoms with van der Waals surface area (Å²) in [5, 5.41) is 4.32. The van der Waals surface area contributed by atoms with Crippen LogP contribution in [0.1, 0.15) is 5.56 Å². The molecule has 0 N–H and O–H groups in total. The van der Waals surface area contributed by atoms with E-state index in [-0.39, 0.29) is 10.6 Å². The Kier molecular flexibility index (Phi) is 5.33. The van der Waals surface area contributed by atoms with Gasteiger partial charge < -0.3 is 4.90 Å². The highest BCUT2D eigenvalue weighted by Gasteiger charge is 2.20. The van der Waals surface area contributed by atoms with E-state index in [1.54, 1.807) is 13.2 Å². The first kappa shape index (κ1) is 16.7. The Morgan fingerprint density at radius 1 is 1.17 bits per heavy atom. The third-order valence-electron chi connectivity index (χ3n) is 4.25. The number of rotatable bonds is 4. The lowest BCUT2D eigenvalue weighted by Crippen LogP contribution is -2.47.